The third-order valence-corrected chi connectivity index (χ3v) is 6.20. The molecule has 28 heavy (non-hydrogen) atoms. The highest BCUT2D eigenvalue weighted by Crippen LogP contribution is 2.31. The number of nitriles is 1. The van der Waals surface area contributed by atoms with Gasteiger partial charge in [0, 0.05) is 12.4 Å². The molecule has 2 heterocycles. The summed E-state index contributed by atoms with van der Waals surface area (Å²) in [5.74, 6) is 0.214. The summed E-state index contributed by atoms with van der Waals surface area (Å²) in [6.07, 6.45) is 3.19. The van der Waals surface area contributed by atoms with Crippen molar-refractivity contribution in [1.82, 2.24) is 19.7 Å². The van der Waals surface area contributed by atoms with Crippen LogP contribution >= 0.6 is 0 Å². The molecule has 0 spiro atoms. The van der Waals surface area contributed by atoms with E-state index in [4.69, 9.17) is 0 Å². The van der Waals surface area contributed by atoms with Gasteiger partial charge in [0.2, 0.25) is 9.84 Å². The fourth-order valence-corrected chi connectivity index (χ4v) is 4.26. The van der Waals surface area contributed by atoms with Crippen LogP contribution < -0.4 is 0 Å². The van der Waals surface area contributed by atoms with Crippen LogP contribution in [0.25, 0.3) is 16.9 Å². The number of nitrogens with zero attached hydrogens (tertiary/aromatic N) is 5. The van der Waals surface area contributed by atoms with Crippen molar-refractivity contribution in [2.45, 2.75) is 17.1 Å². The largest absolute Gasteiger partial charge is 0.245 e. The van der Waals surface area contributed by atoms with Gasteiger partial charge in [-0.2, -0.15) is 10.4 Å². The third-order valence-electron chi connectivity index (χ3n) is 4.32. The highest BCUT2D eigenvalue weighted by atomic mass is 32.2. The Morgan fingerprint density at radius 2 is 1.68 bits per heavy atom. The van der Waals surface area contributed by atoms with Gasteiger partial charge < -0.3 is 0 Å². The molecule has 0 aliphatic rings. The van der Waals surface area contributed by atoms with Crippen molar-refractivity contribution in [3.63, 3.8) is 0 Å². The average molecular weight is 389 g/mol. The van der Waals surface area contributed by atoms with E-state index in [-0.39, 0.29) is 16.4 Å². The van der Waals surface area contributed by atoms with Gasteiger partial charge in [-0.1, -0.05) is 29.8 Å². The van der Waals surface area contributed by atoms with Gasteiger partial charge in [0.05, 0.1) is 22.0 Å². The van der Waals surface area contributed by atoms with E-state index in [1.807, 2.05) is 19.1 Å². The second kappa shape index (κ2) is 6.87. The fourth-order valence-electron chi connectivity index (χ4n) is 2.88. The number of sulfone groups is 1. The number of rotatable bonds is 4. The molecule has 0 bridgehead atoms. The van der Waals surface area contributed by atoms with E-state index in [2.05, 4.69) is 15.1 Å². The number of aromatic nitrogens is 4. The Morgan fingerprint density at radius 3 is 2.29 bits per heavy atom. The van der Waals surface area contributed by atoms with Crippen molar-refractivity contribution in [3.8, 4) is 11.9 Å². The van der Waals surface area contributed by atoms with E-state index >= 15 is 0 Å². The van der Waals surface area contributed by atoms with Crippen molar-refractivity contribution in [2.75, 3.05) is 0 Å². The molecule has 0 fully saturated rings. The summed E-state index contributed by atoms with van der Waals surface area (Å²) in [6, 6.07) is 17.1. The van der Waals surface area contributed by atoms with Gasteiger partial charge in [0.15, 0.2) is 11.1 Å². The van der Waals surface area contributed by atoms with Gasteiger partial charge in [-0.3, -0.25) is 0 Å². The standard InChI is InChI=1S/C20H15N5O2S/c1-14-7-9-15(10-8-14)28(26,27)18(13-21)19-20(25-12-4-11-22-25)24-17-6-3-2-5-16(17)23-19/h2-12,18H,1H3. The summed E-state index contributed by atoms with van der Waals surface area (Å²) in [5.41, 5.74) is 2.06. The Labute approximate surface area is 161 Å². The molecule has 0 saturated carbocycles. The molecular weight excluding hydrogens is 374 g/mol. The van der Waals surface area contributed by atoms with E-state index in [0.29, 0.717) is 11.0 Å². The molecule has 0 radical (unpaired) electrons. The minimum atomic E-state index is -4.01. The van der Waals surface area contributed by atoms with Crippen LogP contribution in [-0.4, -0.2) is 28.2 Å². The average Bonchev–Trinajstić information content (AvgIpc) is 3.23. The van der Waals surface area contributed by atoms with Crippen molar-refractivity contribution in [1.29, 1.82) is 5.26 Å². The van der Waals surface area contributed by atoms with Crippen molar-refractivity contribution in [2.24, 2.45) is 0 Å². The lowest BCUT2D eigenvalue weighted by molar-refractivity contribution is 0.589. The molecule has 7 nitrogen and oxygen atoms in total. The Bertz CT molecular complexity index is 1290. The van der Waals surface area contributed by atoms with Crippen LogP contribution in [-0.2, 0) is 9.84 Å². The SMILES string of the molecule is Cc1ccc(S(=O)(=O)C(C#N)c2nc3ccccc3nc2-n2cccn2)cc1. The zero-order valence-corrected chi connectivity index (χ0v) is 15.7. The second-order valence-electron chi connectivity index (χ2n) is 6.24. The van der Waals surface area contributed by atoms with Crippen LogP contribution in [0.4, 0.5) is 0 Å². The van der Waals surface area contributed by atoms with E-state index in [1.165, 1.54) is 16.8 Å². The first kappa shape index (κ1) is 17.8. The highest BCUT2D eigenvalue weighted by molar-refractivity contribution is 7.92. The molecule has 2 aromatic carbocycles. The third kappa shape index (κ3) is 3.02. The van der Waals surface area contributed by atoms with Crippen LogP contribution in [0.5, 0.6) is 0 Å². The smallest absolute Gasteiger partial charge is 0.200 e. The summed E-state index contributed by atoms with van der Waals surface area (Å²) >= 11 is 0. The van der Waals surface area contributed by atoms with Crippen LogP contribution in [0.2, 0.25) is 0 Å². The van der Waals surface area contributed by atoms with Crippen molar-refractivity contribution >= 4 is 20.9 Å². The van der Waals surface area contributed by atoms with E-state index in [1.54, 1.807) is 48.8 Å². The lowest BCUT2D eigenvalue weighted by atomic mass is 10.2. The Kier molecular flexibility index (Phi) is 4.37. The molecule has 0 aliphatic carbocycles. The summed E-state index contributed by atoms with van der Waals surface area (Å²) < 4.78 is 27.8. The Hall–Kier alpha value is -3.57. The number of hydrogen-bond donors (Lipinski definition) is 0. The normalized spacial score (nSPS) is 12.6. The zero-order chi connectivity index (χ0) is 19.7. The van der Waals surface area contributed by atoms with E-state index in [0.717, 1.165) is 5.56 Å². The van der Waals surface area contributed by atoms with Crippen molar-refractivity contribution in [3.05, 3.63) is 78.2 Å². The van der Waals surface area contributed by atoms with E-state index < -0.39 is 15.1 Å². The summed E-state index contributed by atoms with van der Waals surface area (Å²) in [4.78, 5) is 9.08. The maximum atomic E-state index is 13.2. The first-order valence-electron chi connectivity index (χ1n) is 8.47. The lowest BCUT2D eigenvalue weighted by Crippen LogP contribution is -2.18. The predicted molar refractivity (Wildman–Crippen MR) is 103 cm³/mol. The summed E-state index contributed by atoms with van der Waals surface area (Å²) in [5, 5.41) is 12.4. The Balaban J connectivity index is 1.96. The topological polar surface area (TPSA) is 102 Å². The number of para-hydroxylation sites is 2. The molecule has 1 unspecified atom stereocenters. The van der Waals surface area contributed by atoms with Gasteiger partial charge in [0.1, 0.15) is 5.69 Å². The maximum absolute atomic E-state index is 13.2. The first-order valence-corrected chi connectivity index (χ1v) is 10.0. The number of fused-ring (bicyclic) bond motifs is 1. The van der Waals surface area contributed by atoms with Gasteiger partial charge in [-0.15, -0.1) is 0 Å². The van der Waals surface area contributed by atoms with Crippen LogP contribution in [0.15, 0.2) is 71.9 Å². The second-order valence-corrected chi connectivity index (χ2v) is 8.27. The summed E-state index contributed by atoms with van der Waals surface area (Å²) in [7, 11) is -4.01. The number of hydrogen-bond acceptors (Lipinski definition) is 6. The Morgan fingerprint density at radius 1 is 1.00 bits per heavy atom. The molecule has 2 aromatic heterocycles. The zero-order valence-electron chi connectivity index (χ0n) is 14.9. The van der Waals surface area contributed by atoms with Gasteiger partial charge in [-0.05, 0) is 37.3 Å². The molecule has 138 valence electrons. The molecule has 8 heteroatoms. The van der Waals surface area contributed by atoms with Crippen LogP contribution in [0.1, 0.15) is 16.5 Å². The molecular formula is C20H15N5O2S. The monoisotopic (exact) mass is 389 g/mol. The van der Waals surface area contributed by atoms with E-state index in [9.17, 15) is 13.7 Å². The maximum Gasteiger partial charge on any atom is 0.200 e. The molecule has 0 N–H and O–H groups in total. The highest BCUT2D eigenvalue weighted by Gasteiger charge is 2.34. The van der Waals surface area contributed by atoms with Gasteiger partial charge in [0.25, 0.3) is 0 Å². The summed E-state index contributed by atoms with van der Waals surface area (Å²) in [6.45, 7) is 1.86. The predicted octanol–water partition coefficient (Wildman–Crippen LogP) is 3.16. The van der Waals surface area contributed by atoms with Gasteiger partial charge in [-0.25, -0.2) is 23.1 Å². The minimum absolute atomic E-state index is 0.0467. The molecule has 4 rings (SSSR count). The minimum Gasteiger partial charge on any atom is -0.245 e. The fraction of sp³-hybridized carbons (Fsp3) is 0.100. The molecule has 0 saturated heterocycles. The molecule has 1 atom stereocenters. The number of aryl methyl sites for hydroxylation is 1. The molecule has 4 aromatic rings. The molecule has 0 amide bonds. The molecule has 0 aliphatic heterocycles. The van der Waals surface area contributed by atoms with Crippen LogP contribution in [0.3, 0.4) is 0 Å². The quantitative estimate of drug-likeness (QED) is 0.531. The van der Waals surface area contributed by atoms with Crippen LogP contribution in [0, 0.1) is 18.3 Å². The first-order chi connectivity index (χ1) is 13.5. The lowest BCUT2D eigenvalue weighted by Gasteiger charge is -2.15. The van der Waals surface area contributed by atoms with Gasteiger partial charge >= 0.3 is 0 Å². The number of benzene rings is 2. The van der Waals surface area contributed by atoms with Crippen molar-refractivity contribution < 1.29 is 8.42 Å².